The number of aromatic amines is 1. The van der Waals surface area contributed by atoms with E-state index >= 15 is 0 Å². The average Bonchev–Trinajstić information content (AvgIpc) is 3.25. The number of H-pyrrole nitrogens is 1. The van der Waals surface area contributed by atoms with E-state index in [1.165, 1.54) is 27.6 Å². The van der Waals surface area contributed by atoms with E-state index in [0.717, 1.165) is 41.7 Å². The minimum absolute atomic E-state index is 0.0445. The Morgan fingerprint density at radius 1 is 1.18 bits per heavy atom. The van der Waals surface area contributed by atoms with Crippen LogP contribution in [0.5, 0.6) is 0 Å². The molecule has 4 rings (SSSR count). The molecule has 1 amide bonds. The van der Waals surface area contributed by atoms with Crippen molar-refractivity contribution in [3.05, 3.63) is 52.9 Å². The molecule has 2 aromatic rings. The maximum Gasteiger partial charge on any atom is 0.311 e. The lowest BCUT2D eigenvalue weighted by Gasteiger charge is -2.40. The van der Waals surface area contributed by atoms with Crippen molar-refractivity contribution in [3.8, 4) is 0 Å². The summed E-state index contributed by atoms with van der Waals surface area (Å²) in [5, 5.41) is 2.12. The minimum Gasteiger partial charge on any atom is -0.500 e. The van der Waals surface area contributed by atoms with E-state index in [1.807, 2.05) is 4.90 Å². The zero-order valence-electron chi connectivity index (χ0n) is 20.9. The van der Waals surface area contributed by atoms with Gasteiger partial charge in [-0.05, 0) is 50.1 Å². The van der Waals surface area contributed by atoms with Gasteiger partial charge < -0.3 is 24.1 Å². The summed E-state index contributed by atoms with van der Waals surface area (Å²) < 4.78 is 14.5. The molecular formula is C25H37N3O4Si. The van der Waals surface area contributed by atoms with Gasteiger partial charge in [-0.2, -0.15) is 0 Å². The molecule has 33 heavy (non-hydrogen) atoms. The van der Waals surface area contributed by atoms with Crippen LogP contribution in [0.25, 0.3) is 16.5 Å². The Morgan fingerprint density at radius 2 is 1.88 bits per heavy atom. The maximum absolute atomic E-state index is 12.9. The first-order valence-corrected chi connectivity index (χ1v) is 12.5. The van der Waals surface area contributed by atoms with E-state index in [2.05, 4.69) is 61.3 Å². The first-order valence-electron chi connectivity index (χ1n) is 11.5. The maximum atomic E-state index is 12.9. The molecule has 0 fully saturated rings. The van der Waals surface area contributed by atoms with E-state index in [9.17, 15) is 4.79 Å². The fourth-order valence-electron chi connectivity index (χ4n) is 4.83. The number of nitrogens with zero attached hydrogens (tertiary/aromatic N) is 2. The molecule has 7 nitrogen and oxygen atoms in total. The monoisotopic (exact) mass is 471 g/mol. The topological polar surface area (TPSA) is 67.0 Å². The summed E-state index contributed by atoms with van der Waals surface area (Å²) in [6.07, 6.45) is 5.41. The molecule has 1 aromatic carbocycles. The summed E-state index contributed by atoms with van der Waals surface area (Å²) in [7, 11) is 7.65. The van der Waals surface area contributed by atoms with Gasteiger partial charge in [0.05, 0.1) is 37.5 Å². The van der Waals surface area contributed by atoms with Crippen LogP contribution >= 0.6 is 0 Å². The van der Waals surface area contributed by atoms with Gasteiger partial charge in [0.1, 0.15) is 5.38 Å². The van der Waals surface area contributed by atoms with Crippen molar-refractivity contribution in [1.82, 2.24) is 14.8 Å². The number of likely N-dealkylation sites (N-methyl/N-ethyl adjacent to an activating group) is 1. The lowest BCUT2D eigenvalue weighted by molar-refractivity contribution is -0.134. The lowest BCUT2D eigenvalue weighted by atomic mass is 9.79. The zero-order valence-corrected chi connectivity index (χ0v) is 22.9. The van der Waals surface area contributed by atoms with Crippen molar-refractivity contribution >= 4 is 32.6 Å². The number of aromatic nitrogens is 1. The highest BCUT2D eigenvalue weighted by Gasteiger charge is 2.36. The van der Waals surface area contributed by atoms with Crippen molar-refractivity contribution in [2.24, 2.45) is 5.92 Å². The number of methoxy groups -OCH3 is 3. The molecule has 1 aliphatic heterocycles. The zero-order chi connectivity index (χ0) is 24.1. The predicted molar refractivity (Wildman–Crippen MR) is 136 cm³/mol. The van der Waals surface area contributed by atoms with Gasteiger partial charge in [-0.25, -0.2) is 0 Å². The summed E-state index contributed by atoms with van der Waals surface area (Å²) >= 11 is 0. The summed E-state index contributed by atoms with van der Waals surface area (Å²) in [4.78, 5) is 20.6. The van der Waals surface area contributed by atoms with Gasteiger partial charge in [0, 0.05) is 42.8 Å². The Kier molecular flexibility index (Phi) is 8.26. The second kappa shape index (κ2) is 10.9. The number of hydrogen-bond donors (Lipinski definition) is 1. The molecular weight excluding hydrogens is 434 g/mol. The smallest absolute Gasteiger partial charge is 0.311 e. The third-order valence-corrected chi connectivity index (χ3v) is 7.44. The van der Waals surface area contributed by atoms with Gasteiger partial charge in [0.15, 0.2) is 0 Å². The van der Waals surface area contributed by atoms with Crippen molar-refractivity contribution < 1.29 is 19.0 Å². The number of fused-ring (bicyclic) bond motifs is 2. The van der Waals surface area contributed by atoms with Crippen LogP contribution in [0.4, 0.5) is 0 Å². The highest BCUT2D eigenvalue weighted by atomic mass is 28.1. The molecule has 1 aliphatic carbocycles. The molecule has 0 radical (unpaired) electrons. The Hall–Kier alpha value is -2.71. The summed E-state index contributed by atoms with van der Waals surface area (Å²) in [5.74, 6) is 0.686. The quantitative estimate of drug-likeness (QED) is 0.517. The van der Waals surface area contributed by atoms with Crippen LogP contribution in [0.15, 0.2) is 41.8 Å². The number of hydrogen-bond acceptors (Lipinski definition) is 5. The fraction of sp³-hybridized carbons (Fsp3) is 0.480. The van der Waals surface area contributed by atoms with E-state index in [-0.39, 0.29) is 11.8 Å². The highest BCUT2D eigenvalue weighted by Crippen LogP contribution is 2.40. The first kappa shape index (κ1) is 24.9. The van der Waals surface area contributed by atoms with E-state index in [4.69, 9.17) is 14.2 Å². The molecule has 1 aromatic heterocycles. The molecule has 180 valence electrons. The molecule has 0 saturated carbocycles. The normalized spacial score (nSPS) is 19.0. The summed E-state index contributed by atoms with van der Waals surface area (Å²) in [5.41, 5.74) is 5.21. The predicted octanol–water partition coefficient (Wildman–Crippen LogP) is 2.32. The summed E-state index contributed by atoms with van der Waals surface area (Å²) in [6.45, 7) is 6.47. The van der Waals surface area contributed by atoms with Gasteiger partial charge in [0.25, 0.3) is 0 Å². The Labute approximate surface area is 199 Å². The van der Waals surface area contributed by atoms with Crippen molar-refractivity contribution in [2.75, 3.05) is 48.0 Å². The van der Waals surface area contributed by atoms with Crippen LogP contribution in [0, 0.1) is 5.92 Å². The Balaban J connectivity index is 0.000000292. The number of carbonyl (C=O) groups excluding carboxylic acids is 1. The lowest BCUT2D eigenvalue weighted by Crippen LogP contribution is -2.47. The van der Waals surface area contributed by atoms with Crippen LogP contribution in [0.3, 0.4) is 0 Å². The van der Waals surface area contributed by atoms with Gasteiger partial charge in [-0.1, -0.05) is 18.2 Å². The number of benzene rings is 1. The molecule has 0 spiro atoms. The molecule has 8 heteroatoms. The van der Waals surface area contributed by atoms with Crippen molar-refractivity contribution in [1.29, 1.82) is 0 Å². The van der Waals surface area contributed by atoms with E-state index < -0.39 is 0 Å². The van der Waals surface area contributed by atoms with Crippen LogP contribution in [-0.4, -0.2) is 85.0 Å². The highest BCUT2D eigenvalue weighted by molar-refractivity contribution is 6.20. The van der Waals surface area contributed by atoms with Crippen LogP contribution < -0.4 is 0 Å². The summed E-state index contributed by atoms with van der Waals surface area (Å²) in [6, 6.07) is 6.82. The molecule has 2 atom stereocenters. The van der Waals surface area contributed by atoms with Crippen LogP contribution in [0.2, 0.25) is 0 Å². The number of ether oxygens (including phenoxy) is 3. The van der Waals surface area contributed by atoms with Gasteiger partial charge in [-0.15, -0.1) is 0 Å². The van der Waals surface area contributed by atoms with Crippen LogP contribution in [-0.2, 0) is 25.4 Å². The van der Waals surface area contributed by atoms with Crippen molar-refractivity contribution in [3.63, 3.8) is 0 Å². The molecule has 2 aliphatic rings. The van der Waals surface area contributed by atoms with Gasteiger partial charge in [-0.3, -0.25) is 9.69 Å². The van der Waals surface area contributed by atoms with Gasteiger partial charge in [0.2, 0.25) is 5.91 Å². The molecule has 1 N–H and O–H groups in total. The van der Waals surface area contributed by atoms with Gasteiger partial charge >= 0.3 is 5.95 Å². The minimum atomic E-state index is -0.0445. The number of nitrogens with one attached hydrogen (secondary N) is 1. The largest absolute Gasteiger partial charge is 0.500 e. The second-order valence-electron chi connectivity index (χ2n) is 8.40. The molecule has 2 heterocycles. The Bertz CT molecular complexity index is 1040. The third-order valence-electron chi connectivity index (χ3n) is 6.62. The molecule has 0 unspecified atom stereocenters. The number of amides is 1. The van der Waals surface area contributed by atoms with E-state index in [0.29, 0.717) is 12.0 Å². The fourth-order valence-corrected chi connectivity index (χ4v) is 5.24. The molecule has 0 bridgehead atoms. The first-order chi connectivity index (χ1) is 15.9. The third kappa shape index (κ3) is 4.96. The SMILES string of the molecule is CCN(CC)C(=O)[C@@H]1C=C2c3cccc4[nH]cc(c34)C[C@H]2N(C)C1.COC([SiH3])=C(OC)OC. The van der Waals surface area contributed by atoms with Crippen LogP contribution in [0.1, 0.15) is 25.0 Å². The standard InChI is InChI=1S/C20H25N3O.C5H12O3Si/c1-4-23(5-2)20(24)14-9-16-15-7-6-8-17-19(15)13(11-21-17)10-18(16)22(3)12-14;1-6-4(7-2)5(9)8-3/h6-9,11,14,18,21H,4-5,10,12H2,1-3H3;1-3,9H3/t14-,18-;/m1./s1. The van der Waals surface area contributed by atoms with E-state index in [1.54, 1.807) is 21.3 Å². The molecule has 0 saturated heterocycles. The average molecular weight is 472 g/mol. The number of carbonyl (C=O) groups is 1. The Morgan fingerprint density at radius 3 is 2.45 bits per heavy atom. The second-order valence-corrected chi connectivity index (χ2v) is 9.30. The number of rotatable bonds is 6. The van der Waals surface area contributed by atoms with Crippen molar-refractivity contribution in [2.45, 2.75) is 26.3 Å².